The molecule has 3 atom stereocenters. The topological polar surface area (TPSA) is 29.3 Å². The van der Waals surface area contributed by atoms with E-state index in [0.717, 1.165) is 18.5 Å². The van der Waals surface area contributed by atoms with Crippen molar-refractivity contribution in [1.29, 1.82) is 0 Å². The second-order valence-corrected chi connectivity index (χ2v) is 5.37. The largest absolute Gasteiger partial charge is 0.329 e. The molecule has 1 aromatic carbocycles. The number of nitrogens with two attached hydrogens (primary N) is 1. The van der Waals surface area contributed by atoms with Gasteiger partial charge in [-0.05, 0) is 43.0 Å². The van der Waals surface area contributed by atoms with Crippen molar-refractivity contribution in [3.05, 3.63) is 35.4 Å². The molecule has 1 aromatic rings. The van der Waals surface area contributed by atoms with E-state index in [1.165, 1.54) is 18.6 Å². The molecule has 4 heteroatoms. The van der Waals surface area contributed by atoms with Gasteiger partial charge in [-0.1, -0.05) is 6.92 Å². The molecule has 2 nitrogen and oxygen atoms in total. The summed E-state index contributed by atoms with van der Waals surface area (Å²) in [6, 6.07) is 3.50. The number of nitrogens with zero attached hydrogens (tertiary/aromatic N) is 1. The Morgan fingerprint density at radius 2 is 1.89 bits per heavy atom. The SMILES string of the molecule is CC1CC1CN(C)C(CN)c1cc(F)cc(F)c1. The van der Waals surface area contributed by atoms with E-state index in [-0.39, 0.29) is 6.04 Å². The number of rotatable bonds is 5. The third kappa shape index (κ3) is 3.06. The predicted octanol–water partition coefficient (Wildman–Crippen LogP) is 2.55. The van der Waals surface area contributed by atoms with Gasteiger partial charge in [-0.3, -0.25) is 4.90 Å². The average Bonchev–Trinajstić information content (AvgIpc) is 2.93. The fourth-order valence-electron chi connectivity index (χ4n) is 2.49. The maximum atomic E-state index is 13.2. The summed E-state index contributed by atoms with van der Waals surface area (Å²) in [5, 5.41) is 0. The summed E-state index contributed by atoms with van der Waals surface area (Å²) >= 11 is 0. The van der Waals surface area contributed by atoms with Crippen LogP contribution in [0.4, 0.5) is 8.78 Å². The molecule has 0 saturated heterocycles. The summed E-state index contributed by atoms with van der Waals surface area (Å²) in [7, 11) is 1.96. The Labute approximate surface area is 107 Å². The van der Waals surface area contributed by atoms with Crippen molar-refractivity contribution >= 4 is 0 Å². The van der Waals surface area contributed by atoms with E-state index in [0.29, 0.717) is 18.0 Å². The summed E-state index contributed by atoms with van der Waals surface area (Å²) < 4.78 is 26.5. The minimum atomic E-state index is -0.545. The maximum absolute atomic E-state index is 13.2. The number of hydrogen-bond donors (Lipinski definition) is 1. The monoisotopic (exact) mass is 254 g/mol. The highest BCUT2D eigenvalue weighted by Gasteiger charge is 2.34. The van der Waals surface area contributed by atoms with Crippen LogP contribution in [0.25, 0.3) is 0 Å². The Bertz CT molecular complexity index is 402. The number of halogens is 2. The molecule has 3 unspecified atom stereocenters. The van der Waals surface area contributed by atoms with Gasteiger partial charge in [0.2, 0.25) is 0 Å². The molecule has 1 fully saturated rings. The standard InChI is InChI=1S/C14H20F2N2/c1-9-3-11(9)8-18(2)14(7-17)10-4-12(15)6-13(16)5-10/h4-6,9,11,14H,3,7-8,17H2,1-2H3. The Morgan fingerprint density at radius 1 is 1.33 bits per heavy atom. The highest BCUT2D eigenvalue weighted by Crippen LogP contribution is 2.39. The van der Waals surface area contributed by atoms with E-state index < -0.39 is 11.6 Å². The first kappa shape index (κ1) is 13.4. The van der Waals surface area contributed by atoms with Gasteiger partial charge in [0.15, 0.2) is 0 Å². The van der Waals surface area contributed by atoms with Gasteiger partial charge in [0.05, 0.1) is 0 Å². The molecule has 100 valence electrons. The van der Waals surface area contributed by atoms with Crippen LogP contribution in [0.5, 0.6) is 0 Å². The van der Waals surface area contributed by atoms with Gasteiger partial charge in [0.1, 0.15) is 11.6 Å². The summed E-state index contributed by atoms with van der Waals surface area (Å²) in [4.78, 5) is 2.10. The molecule has 1 aliphatic rings. The van der Waals surface area contributed by atoms with E-state index in [2.05, 4.69) is 11.8 Å². The molecule has 1 aliphatic carbocycles. The summed E-state index contributed by atoms with van der Waals surface area (Å²) in [5.74, 6) is 0.367. The van der Waals surface area contributed by atoms with E-state index in [9.17, 15) is 8.78 Å². The average molecular weight is 254 g/mol. The van der Waals surface area contributed by atoms with Crippen LogP contribution in [0.1, 0.15) is 24.9 Å². The minimum Gasteiger partial charge on any atom is -0.329 e. The molecule has 0 amide bonds. The van der Waals surface area contributed by atoms with Crippen LogP contribution in [-0.2, 0) is 0 Å². The third-order valence-corrected chi connectivity index (χ3v) is 3.82. The van der Waals surface area contributed by atoms with E-state index >= 15 is 0 Å². The van der Waals surface area contributed by atoms with E-state index in [1.54, 1.807) is 0 Å². The van der Waals surface area contributed by atoms with Crippen LogP contribution in [0.3, 0.4) is 0 Å². The summed E-state index contributed by atoms with van der Waals surface area (Å²) in [6.07, 6.45) is 1.24. The number of likely N-dealkylation sites (N-methyl/N-ethyl adjacent to an activating group) is 1. The second kappa shape index (κ2) is 5.33. The van der Waals surface area contributed by atoms with Crippen LogP contribution in [-0.4, -0.2) is 25.0 Å². The molecule has 0 heterocycles. The lowest BCUT2D eigenvalue weighted by Gasteiger charge is -2.27. The lowest BCUT2D eigenvalue weighted by Crippen LogP contribution is -2.32. The quantitative estimate of drug-likeness (QED) is 0.875. The zero-order valence-electron chi connectivity index (χ0n) is 10.9. The van der Waals surface area contributed by atoms with Crippen LogP contribution in [0.2, 0.25) is 0 Å². The maximum Gasteiger partial charge on any atom is 0.126 e. The Kier molecular flexibility index (Phi) is 3.97. The van der Waals surface area contributed by atoms with Gasteiger partial charge in [-0.25, -0.2) is 8.78 Å². The first-order chi connectivity index (χ1) is 8.51. The zero-order valence-corrected chi connectivity index (χ0v) is 10.9. The lowest BCUT2D eigenvalue weighted by molar-refractivity contribution is 0.236. The zero-order chi connectivity index (χ0) is 13.3. The minimum absolute atomic E-state index is 0.122. The lowest BCUT2D eigenvalue weighted by atomic mass is 10.0. The molecule has 0 bridgehead atoms. The fraction of sp³-hybridized carbons (Fsp3) is 0.571. The summed E-state index contributed by atoms with van der Waals surface area (Å²) in [6.45, 7) is 3.51. The highest BCUT2D eigenvalue weighted by atomic mass is 19.1. The van der Waals surface area contributed by atoms with Gasteiger partial charge in [0.25, 0.3) is 0 Å². The number of hydrogen-bond acceptors (Lipinski definition) is 2. The van der Waals surface area contributed by atoms with Crippen LogP contribution in [0, 0.1) is 23.5 Å². The van der Waals surface area contributed by atoms with Crippen molar-refractivity contribution in [2.45, 2.75) is 19.4 Å². The van der Waals surface area contributed by atoms with Crippen LogP contribution in [0.15, 0.2) is 18.2 Å². The highest BCUT2D eigenvalue weighted by molar-refractivity contribution is 5.22. The molecule has 0 aromatic heterocycles. The van der Waals surface area contributed by atoms with Crippen molar-refractivity contribution in [2.75, 3.05) is 20.1 Å². The molecule has 0 spiro atoms. The van der Waals surface area contributed by atoms with Gasteiger partial charge in [-0.15, -0.1) is 0 Å². The van der Waals surface area contributed by atoms with Crippen molar-refractivity contribution in [3.63, 3.8) is 0 Å². The molecule has 2 N–H and O–H groups in total. The first-order valence-corrected chi connectivity index (χ1v) is 6.37. The molecule has 2 rings (SSSR count). The fourth-order valence-corrected chi connectivity index (χ4v) is 2.49. The first-order valence-electron chi connectivity index (χ1n) is 6.37. The Balaban J connectivity index is 2.11. The van der Waals surface area contributed by atoms with Crippen molar-refractivity contribution in [1.82, 2.24) is 4.90 Å². The Hall–Kier alpha value is -1.00. The van der Waals surface area contributed by atoms with Crippen LogP contribution >= 0.6 is 0 Å². The molecular formula is C14H20F2N2. The smallest absolute Gasteiger partial charge is 0.126 e. The number of benzene rings is 1. The van der Waals surface area contributed by atoms with Gasteiger partial charge >= 0.3 is 0 Å². The second-order valence-electron chi connectivity index (χ2n) is 5.37. The Morgan fingerprint density at radius 3 is 2.33 bits per heavy atom. The van der Waals surface area contributed by atoms with E-state index in [1.807, 2.05) is 7.05 Å². The van der Waals surface area contributed by atoms with Crippen LogP contribution < -0.4 is 5.73 Å². The molecule has 0 aliphatic heterocycles. The molecule has 0 radical (unpaired) electrons. The molecular weight excluding hydrogens is 234 g/mol. The van der Waals surface area contributed by atoms with Crippen molar-refractivity contribution in [2.24, 2.45) is 17.6 Å². The third-order valence-electron chi connectivity index (χ3n) is 3.82. The van der Waals surface area contributed by atoms with Gasteiger partial charge in [-0.2, -0.15) is 0 Å². The molecule has 18 heavy (non-hydrogen) atoms. The van der Waals surface area contributed by atoms with Crippen molar-refractivity contribution in [3.8, 4) is 0 Å². The normalized spacial score (nSPS) is 24.3. The van der Waals surface area contributed by atoms with E-state index in [4.69, 9.17) is 5.73 Å². The predicted molar refractivity (Wildman–Crippen MR) is 68.1 cm³/mol. The van der Waals surface area contributed by atoms with Gasteiger partial charge < -0.3 is 5.73 Å². The molecule has 1 saturated carbocycles. The van der Waals surface area contributed by atoms with Crippen molar-refractivity contribution < 1.29 is 8.78 Å². The summed E-state index contributed by atoms with van der Waals surface area (Å²) in [5.41, 5.74) is 6.37. The van der Waals surface area contributed by atoms with Gasteiger partial charge in [0, 0.05) is 25.2 Å².